The maximum atomic E-state index is 14.5. The van der Waals surface area contributed by atoms with Gasteiger partial charge in [0.1, 0.15) is 17.5 Å². The van der Waals surface area contributed by atoms with Crippen LogP contribution < -0.4 is 4.90 Å². The van der Waals surface area contributed by atoms with Gasteiger partial charge in [0, 0.05) is 29.5 Å². The summed E-state index contributed by atoms with van der Waals surface area (Å²) in [7, 11) is 0. The summed E-state index contributed by atoms with van der Waals surface area (Å²) < 4.78 is 30.7. The van der Waals surface area contributed by atoms with Gasteiger partial charge in [-0.2, -0.15) is 0 Å². The number of hydrogen-bond donors (Lipinski definition) is 0. The standard InChI is InChI=1S/C24H18ClF2N3O/c25-17-6-5-8-18(26)16(17)14-30-22-11-4-2-9-20(22)28-24(30)15-12-23(31)29(13-15)21-10-3-1-7-19(21)27/h1-11,15H,12-14H2/t15-/m1/s1. The van der Waals surface area contributed by atoms with Crippen LogP contribution in [0.4, 0.5) is 14.5 Å². The molecule has 0 unspecified atom stereocenters. The van der Waals surface area contributed by atoms with Crippen molar-refractivity contribution in [3.8, 4) is 0 Å². The summed E-state index contributed by atoms with van der Waals surface area (Å²) in [5.74, 6) is -0.606. The number of benzene rings is 3. The van der Waals surface area contributed by atoms with Gasteiger partial charge in [-0.3, -0.25) is 4.79 Å². The number of carbonyl (C=O) groups is 1. The van der Waals surface area contributed by atoms with E-state index in [1.807, 2.05) is 28.8 Å². The highest BCUT2D eigenvalue weighted by Gasteiger charge is 2.36. The molecule has 4 nitrogen and oxygen atoms in total. The van der Waals surface area contributed by atoms with Crippen molar-refractivity contribution in [3.05, 3.63) is 94.8 Å². The fourth-order valence-electron chi connectivity index (χ4n) is 4.20. The Morgan fingerprint density at radius 1 is 0.968 bits per heavy atom. The van der Waals surface area contributed by atoms with Crippen LogP contribution in [0.15, 0.2) is 66.7 Å². The van der Waals surface area contributed by atoms with Crippen molar-refractivity contribution in [2.24, 2.45) is 0 Å². The lowest BCUT2D eigenvalue weighted by atomic mass is 10.1. The van der Waals surface area contributed by atoms with Crippen molar-refractivity contribution >= 4 is 34.2 Å². The fourth-order valence-corrected chi connectivity index (χ4v) is 4.42. The average molecular weight is 438 g/mol. The topological polar surface area (TPSA) is 38.1 Å². The Hall–Kier alpha value is -3.25. The van der Waals surface area contributed by atoms with Crippen molar-refractivity contribution in [3.63, 3.8) is 0 Å². The third kappa shape index (κ3) is 3.47. The molecule has 5 rings (SSSR count). The maximum absolute atomic E-state index is 14.5. The van der Waals surface area contributed by atoms with E-state index in [1.54, 1.807) is 30.3 Å². The number of para-hydroxylation sites is 3. The van der Waals surface area contributed by atoms with E-state index in [0.717, 1.165) is 11.0 Å². The molecule has 0 bridgehead atoms. The Kier molecular flexibility index (Phi) is 4.94. The average Bonchev–Trinajstić information content (AvgIpc) is 3.32. The van der Waals surface area contributed by atoms with Gasteiger partial charge in [-0.05, 0) is 36.4 Å². The van der Waals surface area contributed by atoms with E-state index in [0.29, 0.717) is 23.0 Å². The number of halogens is 3. The van der Waals surface area contributed by atoms with Gasteiger partial charge >= 0.3 is 0 Å². The minimum Gasteiger partial charge on any atom is -0.323 e. The van der Waals surface area contributed by atoms with Gasteiger partial charge in [0.2, 0.25) is 5.91 Å². The van der Waals surface area contributed by atoms with Crippen LogP contribution in [0, 0.1) is 11.6 Å². The molecule has 1 saturated heterocycles. The van der Waals surface area contributed by atoms with Crippen LogP contribution in [0.1, 0.15) is 23.7 Å². The number of hydrogen-bond acceptors (Lipinski definition) is 2. The van der Waals surface area contributed by atoms with Crippen molar-refractivity contribution in [2.75, 3.05) is 11.4 Å². The van der Waals surface area contributed by atoms with Gasteiger partial charge in [-0.25, -0.2) is 13.8 Å². The molecule has 1 aliphatic heterocycles. The number of nitrogens with zero attached hydrogens (tertiary/aromatic N) is 3. The van der Waals surface area contributed by atoms with Gasteiger partial charge in [0.25, 0.3) is 0 Å². The molecule has 1 aliphatic rings. The number of carbonyl (C=O) groups excluding carboxylic acids is 1. The Bertz CT molecular complexity index is 1280. The van der Waals surface area contributed by atoms with Crippen LogP contribution in [0.5, 0.6) is 0 Å². The van der Waals surface area contributed by atoms with Crippen LogP contribution >= 0.6 is 11.6 Å². The second kappa shape index (κ2) is 7.78. The summed E-state index contributed by atoms with van der Waals surface area (Å²) >= 11 is 6.28. The first-order valence-corrected chi connectivity index (χ1v) is 10.3. The summed E-state index contributed by atoms with van der Waals surface area (Å²) in [6.45, 7) is 0.486. The number of fused-ring (bicyclic) bond motifs is 1. The summed E-state index contributed by atoms with van der Waals surface area (Å²) in [5.41, 5.74) is 2.20. The molecule has 7 heteroatoms. The Morgan fingerprint density at radius 2 is 1.71 bits per heavy atom. The van der Waals surface area contributed by atoms with E-state index in [9.17, 15) is 13.6 Å². The van der Waals surface area contributed by atoms with Crippen LogP contribution in [-0.4, -0.2) is 22.0 Å². The van der Waals surface area contributed by atoms with Gasteiger partial charge in [0.15, 0.2) is 0 Å². The normalized spacial score (nSPS) is 16.4. The first kappa shape index (κ1) is 19.7. The molecular formula is C24H18ClF2N3O. The van der Waals surface area contributed by atoms with Crippen LogP contribution in [-0.2, 0) is 11.3 Å². The highest BCUT2D eigenvalue weighted by atomic mass is 35.5. The molecule has 0 saturated carbocycles. The van der Waals surface area contributed by atoms with Crippen molar-refractivity contribution < 1.29 is 13.6 Å². The quantitative estimate of drug-likeness (QED) is 0.420. The van der Waals surface area contributed by atoms with E-state index in [2.05, 4.69) is 0 Å². The summed E-state index contributed by atoms with van der Waals surface area (Å²) in [6, 6.07) is 18.4. The van der Waals surface area contributed by atoms with Gasteiger partial charge in [-0.1, -0.05) is 41.9 Å². The highest BCUT2D eigenvalue weighted by Crippen LogP contribution is 2.35. The minimum absolute atomic E-state index is 0.169. The Balaban J connectivity index is 1.57. The van der Waals surface area contributed by atoms with Gasteiger partial charge < -0.3 is 9.47 Å². The molecule has 31 heavy (non-hydrogen) atoms. The summed E-state index contributed by atoms with van der Waals surface area (Å²) in [4.78, 5) is 19.0. The molecule has 0 radical (unpaired) electrons. The molecule has 0 aliphatic carbocycles. The molecule has 1 amide bonds. The molecule has 2 heterocycles. The number of aromatic nitrogens is 2. The van der Waals surface area contributed by atoms with E-state index < -0.39 is 11.6 Å². The van der Waals surface area contributed by atoms with E-state index >= 15 is 0 Å². The Labute approximate surface area is 182 Å². The monoisotopic (exact) mass is 437 g/mol. The lowest BCUT2D eigenvalue weighted by molar-refractivity contribution is -0.117. The summed E-state index contributed by atoms with van der Waals surface area (Å²) in [5, 5.41) is 0.333. The van der Waals surface area contributed by atoms with Crippen molar-refractivity contribution in [2.45, 2.75) is 18.9 Å². The molecule has 1 atom stereocenters. The van der Waals surface area contributed by atoms with E-state index in [-0.39, 0.29) is 30.5 Å². The second-order valence-electron chi connectivity index (χ2n) is 7.60. The number of imidazole rings is 1. The first-order valence-electron chi connectivity index (χ1n) is 9.96. The highest BCUT2D eigenvalue weighted by molar-refractivity contribution is 6.31. The van der Waals surface area contributed by atoms with Crippen molar-refractivity contribution in [1.29, 1.82) is 0 Å². The largest absolute Gasteiger partial charge is 0.323 e. The zero-order valence-electron chi connectivity index (χ0n) is 16.4. The molecule has 1 fully saturated rings. The van der Waals surface area contributed by atoms with Crippen molar-refractivity contribution in [1.82, 2.24) is 9.55 Å². The number of rotatable bonds is 4. The van der Waals surface area contributed by atoms with E-state index in [1.165, 1.54) is 17.0 Å². The zero-order valence-corrected chi connectivity index (χ0v) is 17.2. The molecule has 156 valence electrons. The van der Waals surface area contributed by atoms with Gasteiger partial charge in [-0.15, -0.1) is 0 Å². The molecule has 1 aromatic heterocycles. The third-order valence-corrected chi connectivity index (χ3v) is 6.05. The Morgan fingerprint density at radius 3 is 2.52 bits per heavy atom. The first-order chi connectivity index (χ1) is 15.0. The smallest absolute Gasteiger partial charge is 0.227 e. The van der Waals surface area contributed by atoms with Crippen LogP contribution in [0.3, 0.4) is 0 Å². The minimum atomic E-state index is -0.442. The lowest BCUT2D eigenvalue weighted by Crippen LogP contribution is -2.25. The van der Waals surface area contributed by atoms with Crippen LogP contribution in [0.25, 0.3) is 11.0 Å². The zero-order chi connectivity index (χ0) is 21.5. The molecule has 0 N–H and O–H groups in total. The lowest BCUT2D eigenvalue weighted by Gasteiger charge is -2.18. The SMILES string of the molecule is O=C1C[C@@H](c2nc3ccccc3n2Cc2c(F)cccc2Cl)CN1c1ccccc1F. The number of amides is 1. The van der Waals surface area contributed by atoms with Gasteiger partial charge in [0.05, 0.1) is 23.3 Å². The maximum Gasteiger partial charge on any atom is 0.227 e. The molecular weight excluding hydrogens is 420 g/mol. The molecule has 4 aromatic rings. The van der Waals surface area contributed by atoms with Crippen LogP contribution in [0.2, 0.25) is 5.02 Å². The summed E-state index contributed by atoms with van der Waals surface area (Å²) in [6.07, 6.45) is 0.197. The molecule has 3 aromatic carbocycles. The predicted octanol–water partition coefficient (Wildman–Crippen LogP) is 5.54. The third-order valence-electron chi connectivity index (χ3n) is 5.70. The second-order valence-corrected chi connectivity index (χ2v) is 8.01. The molecule has 0 spiro atoms. The van der Waals surface area contributed by atoms with E-state index in [4.69, 9.17) is 16.6 Å². The number of anilines is 1. The predicted molar refractivity (Wildman–Crippen MR) is 116 cm³/mol. The fraction of sp³-hybridized carbons (Fsp3) is 0.167.